The Balaban J connectivity index is 1.60. The Kier molecular flexibility index (Phi) is 5.90. The number of amides is 3. The summed E-state index contributed by atoms with van der Waals surface area (Å²) in [5.41, 5.74) is 3.63. The first-order valence-electron chi connectivity index (χ1n) is 9.01. The molecule has 1 aromatic heterocycles. The van der Waals surface area contributed by atoms with E-state index in [0.717, 1.165) is 29.7 Å². The lowest BCUT2D eigenvalue weighted by Crippen LogP contribution is -2.37. The summed E-state index contributed by atoms with van der Waals surface area (Å²) >= 11 is 0. The third-order valence-corrected chi connectivity index (χ3v) is 4.49. The SMILES string of the molecule is COC(=O)N1CCCc2cc(NC(=O)N[C@@H](C)Cc3cccnc3)ccc21. The molecule has 3 amide bonds. The van der Waals surface area contributed by atoms with Gasteiger partial charge < -0.3 is 15.4 Å². The summed E-state index contributed by atoms with van der Waals surface area (Å²) in [4.78, 5) is 29.9. The third-order valence-electron chi connectivity index (χ3n) is 4.49. The summed E-state index contributed by atoms with van der Waals surface area (Å²) in [6.07, 6.45) is 5.59. The maximum atomic E-state index is 12.3. The molecule has 142 valence electrons. The van der Waals surface area contributed by atoms with Gasteiger partial charge in [-0.3, -0.25) is 9.88 Å². The van der Waals surface area contributed by atoms with Gasteiger partial charge in [0.25, 0.3) is 0 Å². The Morgan fingerprint density at radius 3 is 2.93 bits per heavy atom. The first-order valence-corrected chi connectivity index (χ1v) is 9.01. The highest BCUT2D eigenvalue weighted by molar-refractivity contribution is 5.92. The van der Waals surface area contributed by atoms with Crippen LogP contribution in [0.2, 0.25) is 0 Å². The van der Waals surface area contributed by atoms with Crippen LogP contribution in [0.25, 0.3) is 0 Å². The lowest BCUT2D eigenvalue weighted by atomic mass is 10.0. The molecular weight excluding hydrogens is 344 g/mol. The average Bonchev–Trinajstić information content (AvgIpc) is 2.67. The summed E-state index contributed by atoms with van der Waals surface area (Å²) in [6.45, 7) is 2.59. The van der Waals surface area contributed by atoms with Crippen molar-refractivity contribution < 1.29 is 14.3 Å². The molecule has 1 atom stereocenters. The minimum Gasteiger partial charge on any atom is -0.452 e. The molecule has 7 heteroatoms. The second-order valence-electron chi connectivity index (χ2n) is 6.63. The molecule has 1 aliphatic heterocycles. The van der Waals surface area contributed by atoms with Gasteiger partial charge in [0.15, 0.2) is 0 Å². The molecule has 0 spiro atoms. The highest BCUT2D eigenvalue weighted by Gasteiger charge is 2.23. The van der Waals surface area contributed by atoms with Crippen LogP contribution in [0, 0.1) is 0 Å². The number of fused-ring (bicyclic) bond motifs is 1. The molecule has 1 aliphatic rings. The predicted molar refractivity (Wildman–Crippen MR) is 104 cm³/mol. The molecular formula is C20H24N4O3. The van der Waals surface area contributed by atoms with E-state index in [9.17, 15) is 9.59 Å². The fourth-order valence-corrected chi connectivity index (χ4v) is 3.29. The molecule has 0 fully saturated rings. The van der Waals surface area contributed by atoms with Gasteiger partial charge >= 0.3 is 12.1 Å². The predicted octanol–water partition coefficient (Wildman–Crippen LogP) is 3.35. The Hall–Kier alpha value is -3.09. The summed E-state index contributed by atoms with van der Waals surface area (Å²) in [5.74, 6) is 0. The van der Waals surface area contributed by atoms with Crippen LogP contribution >= 0.6 is 0 Å². The van der Waals surface area contributed by atoms with Crippen molar-refractivity contribution in [2.24, 2.45) is 0 Å². The van der Waals surface area contributed by atoms with Crippen molar-refractivity contribution in [3.8, 4) is 0 Å². The highest BCUT2D eigenvalue weighted by atomic mass is 16.5. The molecule has 27 heavy (non-hydrogen) atoms. The number of pyridine rings is 1. The smallest absolute Gasteiger partial charge is 0.414 e. The maximum Gasteiger partial charge on any atom is 0.414 e. The van der Waals surface area contributed by atoms with Crippen LogP contribution in [-0.2, 0) is 17.6 Å². The molecule has 0 unspecified atom stereocenters. The molecule has 0 saturated carbocycles. The van der Waals surface area contributed by atoms with E-state index in [1.807, 2.05) is 31.2 Å². The number of ether oxygens (including phenoxy) is 1. The number of hydrogen-bond acceptors (Lipinski definition) is 4. The van der Waals surface area contributed by atoms with E-state index in [1.54, 1.807) is 23.4 Å². The summed E-state index contributed by atoms with van der Waals surface area (Å²) < 4.78 is 4.84. The third kappa shape index (κ3) is 4.75. The molecule has 0 aliphatic carbocycles. The van der Waals surface area contributed by atoms with Crippen molar-refractivity contribution in [3.05, 3.63) is 53.9 Å². The molecule has 3 rings (SSSR count). The van der Waals surface area contributed by atoms with Crippen LogP contribution in [0.1, 0.15) is 24.5 Å². The van der Waals surface area contributed by atoms with E-state index in [1.165, 1.54) is 7.11 Å². The standard InChI is InChI=1S/C20H24N4O3/c1-14(11-15-5-3-9-21-13-15)22-19(25)23-17-7-8-18-16(12-17)6-4-10-24(18)20(26)27-2/h3,5,7-9,12-14H,4,6,10-11H2,1-2H3,(H2,22,23,25)/t14-/m0/s1. The van der Waals surface area contributed by atoms with Gasteiger partial charge in [0, 0.05) is 30.7 Å². The number of rotatable bonds is 4. The number of benzene rings is 1. The zero-order valence-corrected chi connectivity index (χ0v) is 15.6. The van der Waals surface area contributed by atoms with Gasteiger partial charge in [0.1, 0.15) is 0 Å². The van der Waals surface area contributed by atoms with Crippen molar-refractivity contribution in [2.75, 3.05) is 23.9 Å². The van der Waals surface area contributed by atoms with Crippen LogP contribution in [0.15, 0.2) is 42.7 Å². The lowest BCUT2D eigenvalue weighted by molar-refractivity contribution is 0.178. The number of nitrogens with one attached hydrogen (secondary N) is 2. The second-order valence-corrected chi connectivity index (χ2v) is 6.63. The summed E-state index contributed by atoms with van der Waals surface area (Å²) in [7, 11) is 1.38. The fourth-order valence-electron chi connectivity index (χ4n) is 3.29. The average molecular weight is 368 g/mol. The van der Waals surface area contributed by atoms with E-state index in [-0.39, 0.29) is 18.2 Å². The van der Waals surface area contributed by atoms with Gasteiger partial charge in [-0.2, -0.15) is 0 Å². The Morgan fingerprint density at radius 1 is 1.33 bits per heavy atom. The number of nitrogens with zero attached hydrogens (tertiary/aromatic N) is 2. The molecule has 0 saturated heterocycles. The topological polar surface area (TPSA) is 83.6 Å². The van der Waals surface area contributed by atoms with Crippen molar-refractivity contribution in [3.63, 3.8) is 0 Å². The van der Waals surface area contributed by atoms with Gasteiger partial charge in [0.2, 0.25) is 0 Å². The van der Waals surface area contributed by atoms with E-state index in [4.69, 9.17) is 4.74 Å². The minimum atomic E-state index is -0.362. The zero-order valence-electron chi connectivity index (χ0n) is 15.6. The number of carbonyl (C=O) groups excluding carboxylic acids is 2. The van der Waals surface area contributed by atoms with Crippen LogP contribution in [0.3, 0.4) is 0 Å². The minimum absolute atomic E-state index is 0.0263. The highest BCUT2D eigenvalue weighted by Crippen LogP contribution is 2.30. The second kappa shape index (κ2) is 8.53. The van der Waals surface area contributed by atoms with Gasteiger partial charge in [0.05, 0.1) is 12.8 Å². The number of urea groups is 1. The maximum absolute atomic E-state index is 12.3. The number of aryl methyl sites for hydroxylation is 1. The van der Waals surface area contributed by atoms with Crippen molar-refractivity contribution >= 4 is 23.5 Å². The Labute approximate surface area is 158 Å². The first-order chi connectivity index (χ1) is 13.1. The van der Waals surface area contributed by atoms with Crippen LogP contribution in [-0.4, -0.2) is 36.8 Å². The van der Waals surface area contributed by atoms with E-state index >= 15 is 0 Å². The fraction of sp³-hybridized carbons (Fsp3) is 0.350. The molecule has 0 bridgehead atoms. The first kappa shape index (κ1) is 18.7. The normalized spacial score (nSPS) is 14.1. The van der Waals surface area contributed by atoms with Crippen molar-refractivity contribution in [2.45, 2.75) is 32.2 Å². The van der Waals surface area contributed by atoms with E-state index in [2.05, 4.69) is 15.6 Å². The van der Waals surface area contributed by atoms with Crippen LogP contribution in [0.5, 0.6) is 0 Å². The Morgan fingerprint density at radius 2 is 2.19 bits per heavy atom. The number of methoxy groups -OCH3 is 1. The van der Waals surface area contributed by atoms with Gasteiger partial charge in [-0.05, 0) is 61.6 Å². The van der Waals surface area contributed by atoms with Crippen molar-refractivity contribution in [1.29, 1.82) is 0 Å². The van der Waals surface area contributed by atoms with Crippen molar-refractivity contribution in [1.82, 2.24) is 10.3 Å². The Bertz CT molecular complexity index is 810. The van der Waals surface area contributed by atoms with E-state index in [0.29, 0.717) is 18.7 Å². The van der Waals surface area contributed by atoms with Crippen LogP contribution < -0.4 is 15.5 Å². The molecule has 2 aromatic rings. The molecule has 2 N–H and O–H groups in total. The van der Waals surface area contributed by atoms with E-state index < -0.39 is 0 Å². The van der Waals surface area contributed by atoms with Gasteiger partial charge in [-0.1, -0.05) is 6.07 Å². The largest absolute Gasteiger partial charge is 0.452 e. The quantitative estimate of drug-likeness (QED) is 0.867. The number of anilines is 2. The molecule has 7 nitrogen and oxygen atoms in total. The summed E-state index contributed by atoms with van der Waals surface area (Å²) in [6, 6.07) is 9.14. The summed E-state index contributed by atoms with van der Waals surface area (Å²) in [5, 5.41) is 5.80. The molecule has 1 aromatic carbocycles. The van der Waals surface area contributed by atoms with Gasteiger partial charge in [-0.15, -0.1) is 0 Å². The number of aromatic nitrogens is 1. The van der Waals surface area contributed by atoms with Crippen LogP contribution in [0.4, 0.5) is 21.0 Å². The molecule has 2 heterocycles. The number of carbonyl (C=O) groups is 2. The van der Waals surface area contributed by atoms with Gasteiger partial charge in [-0.25, -0.2) is 9.59 Å². The lowest BCUT2D eigenvalue weighted by Gasteiger charge is -2.28. The molecule has 0 radical (unpaired) electrons. The number of hydrogen-bond donors (Lipinski definition) is 2. The zero-order chi connectivity index (χ0) is 19.2. The monoisotopic (exact) mass is 368 g/mol.